The number of methoxy groups -OCH3 is 1. The molecule has 1 saturated heterocycles. The highest BCUT2D eigenvalue weighted by molar-refractivity contribution is 5.79. The zero-order valence-electron chi connectivity index (χ0n) is 12.0. The van der Waals surface area contributed by atoms with E-state index in [4.69, 9.17) is 9.84 Å². The zero-order chi connectivity index (χ0) is 14.4. The van der Waals surface area contributed by atoms with Crippen LogP contribution in [0.4, 0.5) is 0 Å². The summed E-state index contributed by atoms with van der Waals surface area (Å²) in [7, 11) is 1.63. The number of carbonyl (C=O) groups excluding carboxylic acids is 1. The van der Waals surface area contributed by atoms with E-state index >= 15 is 0 Å². The molecule has 0 aliphatic carbocycles. The summed E-state index contributed by atoms with van der Waals surface area (Å²) in [5, 5.41) is 8.93. The van der Waals surface area contributed by atoms with Gasteiger partial charge >= 0.3 is 0 Å². The molecule has 1 N–H and O–H groups in total. The topological polar surface area (TPSA) is 49.8 Å². The van der Waals surface area contributed by atoms with Crippen molar-refractivity contribution in [2.45, 2.75) is 38.1 Å². The number of carbonyl (C=O) groups is 1. The molecule has 1 aromatic carbocycles. The fourth-order valence-corrected chi connectivity index (χ4v) is 2.85. The molecule has 0 radical (unpaired) electrons. The Morgan fingerprint density at radius 1 is 1.50 bits per heavy atom. The molecule has 0 bridgehead atoms. The lowest BCUT2D eigenvalue weighted by Crippen LogP contribution is -2.36. The highest BCUT2D eigenvalue weighted by Gasteiger charge is 2.27. The van der Waals surface area contributed by atoms with Gasteiger partial charge in [-0.3, -0.25) is 4.79 Å². The fraction of sp³-hybridized carbons (Fsp3) is 0.562. The van der Waals surface area contributed by atoms with Gasteiger partial charge in [-0.15, -0.1) is 0 Å². The molecule has 2 rings (SSSR count). The molecule has 20 heavy (non-hydrogen) atoms. The van der Waals surface area contributed by atoms with Crippen molar-refractivity contribution in [2.24, 2.45) is 0 Å². The molecular weight excluding hydrogens is 254 g/mol. The lowest BCUT2D eigenvalue weighted by atomic mass is 10.1. The van der Waals surface area contributed by atoms with Crippen LogP contribution in [0.3, 0.4) is 0 Å². The Bertz CT molecular complexity index is 447. The normalized spacial score (nSPS) is 18.3. The van der Waals surface area contributed by atoms with Crippen molar-refractivity contribution in [3.63, 3.8) is 0 Å². The molecule has 1 aliphatic heterocycles. The Kier molecular flexibility index (Phi) is 5.41. The monoisotopic (exact) mass is 277 g/mol. The predicted molar refractivity (Wildman–Crippen MR) is 77.8 cm³/mol. The van der Waals surface area contributed by atoms with E-state index in [1.807, 2.05) is 29.2 Å². The average molecular weight is 277 g/mol. The summed E-state index contributed by atoms with van der Waals surface area (Å²) in [5.41, 5.74) is 0.988. The van der Waals surface area contributed by atoms with E-state index in [1.54, 1.807) is 7.11 Å². The third-order valence-corrected chi connectivity index (χ3v) is 3.88. The van der Waals surface area contributed by atoms with Crippen molar-refractivity contribution >= 4 is 5.91 Å². The average Bonchev–Trinajstić information content (AvgIpc) is 2.93. The van der Waals surface area contributed by atoms with Crippen LogP contribution in [-0.4, -0.2) is 42.2 Å². The highest BCUT2D eigenvalue weighted by atomic mass is 16.5. The summed E-state index contributed by atoms with van der Waals surface area (Å²) in [5.74, 6) is 0.965. The van der Waals surface area contributed by atoms with Crippen LogP contribution in [0.25, 0.3) is 0 Å². The summed E-state index contributed by atoms with van der Waals surface area (Å²) in [6, 6.07) is 7.97. The van der Waals surface area contributed by atoms with Gasteiger partial charge in [0.2, 0.25) is 5.91 Å². The lowest BCUT2D eigenvalue weighted by Gasteiger charge is -2.24. The van der Waals surface area contributed by atoms with Gasteiger partial charge in [-0.05, 0) is 43.4 Å². The van der Waals surface area contributed by atoms with E-state index in [9.17, 15) is 4.79 Å². The number of amides is 1. The molecule has 1 fully saturated rings. The maximum Gasteiger partial charge on any atom is 0.227 e. The second-order valence-electron chi connectivity index (χ2n) is 5.28. The number of aliphatic hydroxyl groups is 1. The van der Waals surface area contributed by atoms with Crippen LogP contribution in [-0.2, 0) is 11.2 Å². The van der Waals surface area contributed by atoms with Crippen LogP contribution in [0.15, 0.2) is 24.3 Å². The van der Waals surface area contributed by atoms with Gasteiger partial charge in [-0.25, -0.2) is 0 Å². The summed E-state index contributed by atoms with van der Waals surface area (Å²) in [6.45, 7) is 1.05. The van der Waals surface area contributed by atoms with Crippen molar-refractivity contribution in [3.8, 4) is 5.75 Å². The first-order valence-corrected chi connectivity index (χ1v) is 7.28. The number of likely N-dealkylation sites (tertiary alicyclic amines) is 1. The van der Waals surface area contributed by atoms with Gasteiger partial charge in [-0.1, -0.05) is 12.1 Å². The molecule has 0 saturated carbocycles. The molecule has 1 aliphatic rings. The van der Waals surface area contributed by atoms with E-state index in [0.717, 1.165) is 43.5 Å². The minimum Gasteiger partial charge on any atom is -0.497 e. The first kappa shape index (κ1) is 14.9. The Balaban J connectivity index is 1.96. The molecule has 1 heterocycles. The quantitative estimate of drug-likeness (QED) is 0.865. The van der Waals surface area contributed by atoms with Crippen LogP contribution < -0.4 is 4.74 Å². The van der Waals surface area contributed by atoms with Crippen LogP contribution in [0.5, 0.6) is 5.75 Å². The Morgan fingerprint density at radius 2 is 2.35 bits per heavy atom. The Labute approximate surface area is 120 Å². The van der Waals surface area contributed by atoms with Crippen molar-refractivity contribution in [3.05, 3.63) is 29.8 Å². The minimum atomic E-state index is 0.179. The number of aliphatic hydroxyl groups excluding tert-OH is 1. The minimum absolute atomic E-state index is 0.179. The second-order valence-corrected chi connectivity index (χ2v) is 5.28. The third kappa shape index (κ3) is 3.73. The first-order valence-electron chi connectivity index (χ1n) is 7.28. The van der Waals surface area contributed by atoms with Crippen LogP contribution >= 0.6 is 0 Å². The van der Waals surface area contributed by atoms with Crippen molar-refractivity contribution in [1.29, 1.82) is 0 Å². The van der Waals surface area contributed by atoms with Crippen molar-refractivity contribution in [1.82, 2.24) is 4.90 Å². The number of hydrogen-bond acceptors (Lipinski definition) is 3. The number of benzene rings is 1. The molecule has 110 valence electrons. The van der Waals surface area contributed by atoms with E-state index < -0.39 is 0 Å². The molecule has 0 aromatic heterocycles. The summed E-state index contributed by atoms with van der Waals surface area (Å²) >= 11 is 0. The smallest absolute Gasteiger partial charge is 0.227 e. The molecule has 4 heteroatoms. The predicted octanol–water partition coefficient (Wildman–Crippen LogP) is 2.00. The van der Waals surface area contributed by atoms with E-state index in [-0.39, 0.29) is 12.5 Å². The molecule has 1 atom stereocenters. The number of hydrogen-bond donors (Lipinski definition) is 1. The molecule has 1 unspecified atom stereocenters. The molecule has 1 amide bonds. The van der Waals surface area contributed by atoms with Gasteiger partial charge in [-0.2, -0.15) is 0 Å². The van der Waals surface area contributed by atoms with Gasteiger partial charge < -0.3 is 14.7 Å². The van der Waals surface area contributed by atoms with E-state index in [0.29, 0.717) is 12.5 Å². The van der Waals surface area contributed by atoms with Gasteiger partial charge in [0.15, 0.2) is 0 Å². The van der Waals surface area contributed by atoms with Gasteiger partial charge in [0, 0.05) is 19.2 Å². The Morgan fingerprint density at radius 3 is 3.10 bits per heavy atom. The highest BCUT2D eigenvalue weighted by Crippen LogP contribution is 2.23. The maximum atomic E-state index is 12.4. The van der Waals surface area contributed by atoms with E-state index in [1.165, 1.54) is 0 Å². The summed E-state index contributed by atoms with van der Waals surface area (Å²) < 4.78 is 5.18. The lowest BCUT2D eigenvalue weighted by molar-refractivity contribution is -0.131. The molecule has 0 spiro atoms. The van der Waals surface area contributed by atoms with Gasteiger partial charge in [0.1, 0.15) is 5.75 Å². The van der Waals surface area contributed by atoms with Gasteiger partial charge in [0.25, 0.3) is 0 Å². The second kappa shape index (κ2) is 7.29. The van der Waals surface area contributed by atoms with Crippen molar-refractivity contribution in [2.75, 3.05) is 20.3 Å². The molecule has 4 nitrogen and oxygen atoms in total. The third-order valence-electron chi connectivity index (χ3n) is 3.88. The summed E-state index contributed by atoms with van der Waals surface area (Å²) in [4.78, 5) is 14.4. The Hall–Kier alpha value is -1.55. The number of nitrogens with zero attached hydrogens (tertiary/aromatic N) is 1. The molecule has 1 aromatic rings. The SMILES string of the molecule is COc1cccc(CC(=O)N2CCCC2CCCO)c1. The summed E-state index contributed by atoms with van der Waals surface area (Å²) in [6.07, 6.45) is 4.23. The number of ether oxygens (including phenoxy) is 1. The zero-order valence-corrected chi connectivity index (χ0v) is 12.0. The van der Waals surface area contributed by atoms with Crippen molar-refractivity contribution < 1.29 is 14.6 Å². The fourth-order valence-electron chi connectivity index (χ4n) is 2.85. The maximum absolute atomic E-state index is 12.4. The van der Waals surface area contributed by atoms with Crippen LogP contribution in [0.1, 0.15) is 31.2 Å². The van der Waals surface area contributed by atoms with Crippen LogP contribution in [0.2, 0.25) is 0 Å². The van der Waals surface area contributed by atoms with Gasteiger partial charge in [0.05, 0.1) is 13.5 Å². The number of rotatable bonds is 6. The van der Waals surface area contributed by atoms with Crippen LogP contribution in [0, 0.1) is 0 Å². The standard InChI is InChI=1S/C16H23NO3/c1-20-15-8-2-5-13(11-15)12-16(19)17-9-3-6-14(17)7-4-10-18/h2,5,8,11,14,18H,3-4,6-7,9-10,12H2,1H3. The molecular formula is C16H23NO3. The largest absolute Gasteiger partial charge is 0.497 e. The van der Waals surface area contributed by atoms with E-state index in [2.05, 4.69) is 0 Å². The first-order chi connectivity index (χ1) is 9.74.